The van der Waals surface area contributed by atoms with E-state index in [0.717, 1.165) is 5.54 Å². The third kappa shape index (κ3) is 2.23. The molecule has 0 rings (SSSR count). The van der Waals surface area contributed by atoms with E-state index >= 15 is 0 Å². The molecule has 0 heterocycles. The predicted molar refractivity (Wildman–Crippen MR) is 27.2 cm³/mol. The van der Waals surface area contributed by atoms with Crippen LogP contribution in [-0.4, -0.2) is 11.1 Å². The molecule has 0 amide bonds. The summed E-state index contributed by atoms with van der Waals surface area (Å²) < 4.78 is 0. The van der Waals surface area contributed by atoms with Gasteiger partial charge in [0.05, 0.1) is 0 Å². The first-order valence-corrected chi connectivity index (χ1v) is 2.12. The van der Waals surface area contributed by atoms with Crippen molar-refractivity contribution in [3.63, 3.8) is 0 Å². The van der Waals surface area contributed by atoms with E-state index in [2.05, 4.69) is 0 Å². The van der Waals surface area contributed by atoms with Crippen LogP contribution in [0.3, 0.4) is 0 Å². The van der Waals surface area contributed by atoms with Crippen molar-refractivity contribution in [1.82, 2.24) is 0 Å². The van der Waals surface area contributed by atoms with Crippen molar-refractivity contribution in [3.8, 4) is 0 Å². The Labute approximate surface area is 46.4 Å². The summed E-state index contributed by atoms with van der Waals surface area (Å²) in [6, 6.07) is 0. The van der Waals surface area contributed by atoms with E-state index in [-0.39, 0.29) is 5.57 Å². The minimum absolute atomic E-state index is 0.154. The lowest BCUT2D eigenvalue weighted by Crippen LogP contribution is -1.93. The van der Waals surface area contributed by atoms with Crippen LogP contribution in [0.2, 0.25) is 0 Å². The van der Waals surface area contributed by atoms with E-state index in [1.54, 1.807) is 0 Å². The van der Waals surface area contributed by atoms with Gasteiger partial charge in [0.25, 0.3) is 0 Å². The van der Waals surface area contributed by atoms with Crippen LogP contribution < -0.4 is 0 Å². The van der Waals surface area contributed by atoms with Crippen LogP contribution >= 0.6 is 11.6 Å². The maximum Gasteiger partial charge on any atom is 0.332 e. The van der Waals surface area contributed by atoms with Gasteiger partial charge in [-0.3, -0.25) is 0 Å². The van der Waals surface area contributed by atoms with Crippen LogP contribution in [0.15, 0.2) is 11.1 Å². The fraction of sp³-hybridized carbons (Fsp3) is 0.250. The summed E-state index contributed by atoms with van der Waals surface area (Å²) in [7, 11) is 0. The van der Waals surface area contributed by atoms with Crippen molar-refractivity contribution in [2.75, 3.05) is 0 Å². The second-order valence-electron chi connectivity index (χ2n) is 1.10. The smallest absolute Gasteiger partial charge is 0.332 e. The Morgan fingerprint density at radius 1 is 1.86 bits per heavy atom. The third-order valence-corrected chi connectivity index (χ3v) is 0.828. The fourth-order valence-corrected chi connectivity index (χ4v) is 0.140. The van der Waals surface area contributed by atoms with Crippen LogP contribution in [-0.2, 0) is 4.79 Å². The summed E-state index contributed by atoms with van der Waals surface area (Å²) in [5.41, 5.74) is 1.18. The van der Waals surface area contributed by atoms with Gasteiger partial charge in [-0.05, 0) is 6.92 Å². The summed E-state index contributed by atoms with van der Waals surface area (Å²) in [4.78, 5) is 9.78. The normalized spacial score (nSPS) is 11.4. The van der Waals surface area contributed by atoms with E-state index < -0.39 is 5.97 Å². The van der Waals surface area contributed by atoms with Gasteiger partial charge in [-0.25, -0.2) is 4.79 Å². The molecule has 0 bridgehead atoms. The highest BCUT2D eigenvalue weighted by Gasteiger charge is 1.94. The molecule has 1 N–H and O–H groups in total. The molecule has 2 nitrogen and oxygen atoms in total. The number of carbonyl (C=O) groups is 1. The lowest BCUT2D eigenvalue weighted by Gasteiger charge is -1.82. The molecule has 3 heteroatoms. The van der Waals surface area contributed by atoms with Crippen molar-refractivity contribution < 1.29 is 9.90 Å². The molecule has 40 valence electrons. The maximum atomic E-state index is 9.78. The van der Waals surface area contributed by atoms with E-state index in [0.29, 0.717) is 0 Å². The molecule has 0 atom stereocenters. The molecular formula is C4H5ClO2. The lowest BCUT2D eigenvalue weighted by atomic mass is 10.4. The molecule has 0 aromatic rings. The minimum atomic E-state index is -0.977. The molecule has 0 fully saturated rings. The van der Waals surface area contributed by atoms with Crippen molar-refractivity contribution in [1.29, 1.82) is 0 Å². The fourth-order valence-electron chi connectivity index (χ4n) is 0.0467. The number of rotatable bonds is 1. The molecule has 0 aliphatic rings. The summed E-state index contributed by atoms with van der Waals surface area (Å²) in [5, 5.41) is 8.03. The Morgan fingerprint density at radius 2 is 2.29 bits per heavy atom. The number of carboxylic acids is 1. The zero-order valence-corrected chi connectivity index (χ0v) is 4.57. The number of carboxylic acid groups (broad SMARTS) is 1. The van der Waals surface area contributed by atoms with E-state index in [9.17, 15) is 4.79 Å². The molecule has 0 aliphatic heterocycles. The van der Waals surface area contributed by atoms with Gasteiger partial charge < -0.3 is 5.11 Å². The van der Waals surface area contributed by atoms with Gasteiger partial charge in [-0.2, -0.15) is 0 Å². The summed E-state index contributed by atoms with van der Waals surface area (Å²) in [6.07, 6.45) is 0. The number of hydrogen-bond donors (Lipinski definition) is 1. The monoisotopic (exact) mass is 120 g/mol. The summed E-state index contributed by atoms with van der Waals surface area (Å²) in [5.74, 6) is -0.977. The molecule has 0 saturated carbocycles. The molecule has 0 unspecified atom stereocenters. The lowest BCUT2D eigenvalue weighted by molar-refractivity contribution is -0.132. The Morgan fingerprint density at radius 3 is 2.29 bits per heavy atom. The highest BCUT2D eigenvalue weighted by Crippen LogP contribution is 1.92. The Bertz CT molecular complexity index is 106. The molecule has 0 aliphatic carbocycles. The standard InChI is InChI=1S/C4H5ClO2/c1-3(2-5)4(6)7/h2H,1H3,(H,6,7). The molecule has 0 aromatic carbocycles. The SMILES string of the molecule is CC(=CCl)C(=O)O. The minimum Gasteiger partial charge on any atom is -0.478 e. The van der Waals surface area contributed by atoms with Crippen LogP contribution in [0, 0.1) is 0 Å². The molecule has 0 saturated heterocycles. The van der Waals surface area contributed by atoms with Crippen LogP contribution in [0.4, 0.5) is 0 Å². The summed E-state index contributed by atoms with van der Waals surface area (Å²) in [6.45, 7) is 1.43. The Kier molecular flexibility index (Phi) is 2.45. The van der Waals surface area contributed by atoms with Crippen LogP contribution in [0.1, 0.15) is 6.92 Å². The first-order chi connectivity index (χ1) is 3.18. The van der Waals surface area contributed by atoms with Gasteiger partial charge in [0.1, 0.15) is 0 Å². The average molecular weight is 121 g/mol. The Hall–Kier alpha value is -0.500. The Balaban J connectivity index is 3.82. The predicted octanol–water partition coefficient (Wildman–Crippen LogP) is 1.21. The number of halogens is 1. The third-order valence-electron chi connectivity index (χ3n) is 0.501. The first-order valence-electron chi connectivity index (χ1n) is 1.68. The highest BCUT2D eigenvalue weighted by molar-refractivity contribution is 6.27. The number of hydrogen-bond acceptors (Lipinski definition) is 1. The molecule has 7 heavy (non-hydrogen) atoms. The van der Waals surface area contributed by atoms with Crippen LogP contribution in [0.5, 0.6) is 0 Å². The van der Waals surface area contributed by atoms with Crippen LogP contribution in [0.25, 0.3) is 0 Å². The van der Waals surface area contributed by atoms with Crippen molar-refractivity contribution in [2.45, 2.75) is 6.92 Å². The molecular weight excluding hydrogens is 115 g/mol. The zero-order chi connectivity index (χ0) is 5.86. The second kappa shape index (κ2) is 2.64. The second-order valence-corrected chi connectivity index (χ2v) is 1.32. The van der Waals surface area contributed by atoms with Crippen molar-refractivity contribution in [3.05, 3.63) is 11.1 Å². The van der Waals surface area contributed by atoms with E-state index in [4.69, 9.17) is 16.7 Å². The first kappa shape index (κ1) is 6.50. The van der Waals surface area contributed by atoms with E-state index in [1.807, 2.05) is 0 Å². The summed E-state index contributed by atoms with van der Waals surface area (Å²) >= 11 is 5.00. The average Bonchev–Trinajstić information content (AvgIpc) is 1.65. The topological polar surface area (TPSA) is 37.3 Å². The molecule has 0 radical (unpaired) electrons. The zero-order valence-electron chi connectivity index (χ0n) is 3.81. The van der Waals surface area contributed by atoms with Gasteiger partial charge in [-0.15, -0.1) is 0 Å². The molecule has 0 spiro atoms. The van der Waals surface area contributed by atoms with Gasteiger partial charge in [0.2, 0.25) is 0 Å². The van der Waals surface area contributed by atoms with Gasteiger partial charge in [0.15, 0.2) is 0 Å². The van der Waals surface area contributed by atoms with Gasteiger partial charge in [0, 0.05) is 11.1 Å². The quantitative estimate of drug-likeness (QED) is 0.528. The van der Waals surface area contributed by atoms with Crippen molar-refractivity contribution in [2.24, 2.45) is 0 Å². The van der Waals surface area contributed by atoms with Gasteiger partial charge >= 0.3 is 5.97 Å². The maximum absolute atomic E-state index is 9.78. The molecule has 0 aromatic heterocycles. The van der Waals surface area contributed by atoms with Crippen molar-refractivity contribution >= 4 is 17.6 Å². The largest absolute Gasteiger partial charge is 0.478 e. The highest BCUT2D eigenvalue weighted by atomic mass is 35.5. The van der Waals surface area contributed by atoms with E-state index in [1.165, 1.54) is 6.92 Å². The van der Waals surface area contributed by atoms with Gasteiger partial charge in [-0.1, -0.05) is 11.6 Å². The number of aliphatic carboxylic acids is 1.